The number of hydrogen-bond donors (Lipinski definition) is 1. The highest BCUT2D eigenvalue weighted by Gasteiger charge is 2.33. The van der Waals surface area contributed by atoms with Crippen molar-refractivity contribution in [2.45, 2.75) is 12.5 Å². The number of aliphatic hydroxyl groups is 1. The molecule has 2 rings (SSSR count). The van der Waals surface area contributed by atoms with Crippen molar-refractivity contribution in [1.29, 1.82) is 0 Å². The minimum absolute atomic E-state index is 0.0246. The second-order valence-corrected chi connectivity index (χ2v) is 6.92. The predicted octanol–water partition coefficient (Wildman–Crippen LogP) is 1.95. The van der Waals surface area contributed by atoms with E-state index < -0.39 is 21.8 Å². The van der Waals surface area contributed by atoms with Gasteiger partial charge in [0.1, 0.15) is 5.82 Å². The molecule has 1 aromatic rings. The van der Waals surface area contributed by atoms with Crippen molar-refractivity contribution in [2.75, 3.05) is 11.5 Å². The predicted molar refractivity (Wildman–Crippen MR) is 63.1 cm³/mol. The maximum absolute atomic E-state index is 13.0. The number of aliphatic hydroxyl groups excluding tert-OH is 1. The second kappa shape index (κ2) is 4.55. The van der Waals surface area contributed by atoms with E-state index in [2.05, 4.69) is 0 Å². The molecule has 0 bridgehead atoms. The fourth-order valence-corrected chi connectivity index (χ4v) is 4.06. The largest absolute Gasteiger partial charge is 0.388 e. The van der Waals surface area contributed by atoms with Crippen LogP contribution in [0.2, 0.25) is 5.02 Å². The van der Waals surface area contributed by atoms with Gasteiger partial charge in [-0.25, -0.2) is 12.8 Å². The molecule has 0 spiro atoms. The fraction of sp³-hybridized carbons (Fsp3) is 0.455. The lowest BCUT2D eigenvalue weighted by Gasteiger charge is -2.17. The zero-order valence-electron chi connectivity index (χ0n) is 8.94. The highest BCUT2D eigenvalue weighted by molar-refractivity contribution is 7.91. The summed E-state index contributed by atoms with van der Waals surface area (Å²) in [6, 6.07) is 3.94. The number of benzene rings is 1. The quantitative estimate of drug-likeness (QED) is 0.900. The van der Waals surface area contributed by atoms with Crippen LogP contribution in [0.3, 0.4) is 0 Å². The molecule has 1 aliphatic rings. The van der Waals surface area contributed by atoms with Crippen molar-refractivity contribution in [3.8, 4) is 0 Å². The van der Waals surface area contributed by atoms with Crippen molar-refractivity contribution in [2.24, 2.45) is 5.92 Å². The molecular formula is C11H12ClFO3S. The maximum atomic E-state index is 13.0. The topological polar surface area (TPSA) is 54.4 Å². The number of sulfone groups is 1. The molecule has 1 aromatic carbocycles. The molecule has 1 heterocycles. The maximum Gasteiger partial charge on any atom is 0.150 e. The van der Waals surface area contributed by atoms with Crippen LogP contribution in [0, 0.1) is 11.7 Å². The Hall–Kier alpha value is -0.650. The van der Waals surface area contributed by atoms with Gasteiger partial charge in [-0.2, -0.15) is 0 Å². The van der Waals surface area contributed by atoms with E-state index in [1.54, 1.807) is 0 Å². The van der Waals surface area contributed by atoms with Gasteiger partial charge in [-0.15, -0.1) is 0 Å². The summed E-state index contributed by atoms with van der Waals surface area (Å²) in [5.41, 5.74) is 0.457. The molecule has 1 saturated heterocycles. The molecule has 17 heavy (non-hydrogen) atoms. The van der Waals surface area contributed by atoms with Crippen molar-refractivity contribution >= 4 is 21.4 Å². The van der Waals surface area contributed by atoms with E-state index in [0.717, 1.165) is 0 Å². The summed E-state index contributed by atoms with van der Waals surface area (Å²) >= 11 is 5.62. The molecule has 3 nitrogen and oxygen atoms in total. The Balaban J connectivity index is 2.20. The summed E-state index contributed by atoms with van der Waals surface area (Å²) in [6.45, 7) is 0. The highest BCUT2D eigenvalue weighted by atomic mass is 35.5. The molecule has 0 amide bonds. The SMILES string of the molecule is O=S1(=O)CCC(C(O)c2ccc(F)c(Cl)c2)C1. The van der Waals surface area contributed by atoms with Gasteiger partial charge in [0.2, 0.25) is 0 Å². The van der Waals surface area contributed by atoms with Gasteiger partial charge in [-0.1, -0.05) is 17.7 Å². The summed E-state index contributed by atoms with van der Waals surface area (Å²) in [5, 5.41) is 9.96. The van der Waals surface area contributed by atoms with Crippen LogP contribution in [0.25, 0.3) is 0 Å². The molecule has 0 saturated carbocycles. The molecule has 0 aromatic heterocycles. The van der Waals surface area contributed by atoms with Gasteiger partial charge >= 0.3 is 0 Å². The second-order valence-electron chi connectivity index (χ2n) is 4.28. The third-order valence-electron chi connectivity index (χ3n) is 3.00. The van der Waals surface area contributed by atoms with Gasteiger partial charge in [-0.05, 0) is 24.1 Å². The molecule has 6 heteroatoms. The zero-order chi connectivity index (χ0) is 12.6. The first-order chi connectivity index (χ1) is 7.89. The smallest absolute Gasteiger partial charge is 0.150 e. The average Bonchev–Trinajstić information content (AvgIpc) is 2.62. The Kier molecular flexibility index (Phi) is 3.43. The summed E-state index contributed by atoms with van der Waals surface area (Å²) in [6.07, 6.45) is -0.483. The van der Waals surface area contributed by atoms with Crippen LogP contribution in [-0.4, -0.2) is 25.0 Å². The normalized spacial score (nSPS) is 24.8. The van der Waals surface area contributed by atoms with Gasteiger partial charge in [0.25, 0.3) is 0 Å². The van der Waals surface area contributed by atoms with Crippen LogP contribution in [0.5, 0.6) is 0 Å². The molecule has 0 radical (unpaired) electrons. The van der Waals surface area contributed by atoms with E-state index in [1.165, 1.54) is 18.2 Å². The van der Waals surface area contributed by atoms with Crippen LogP contribution in [0.1, 0.15) is 18.1 Å². The summed E-state index contributed by atoms with van der Waals surface area (Å²) < 4.78 is 35.6. The molecule has 0 aliphatic carbocycles. The zero-order valence-corrected chi connectivity index (χ0v) is 10.5. The lowest BCUT2D eigenvalue weighted by atomic mass is 9.95. The number of halogens is 2. The first-order valence-electron chi connectivity index (χ1n) is 5.22. The Labute approximate surface area is 104 Å². The molecule has 1 aliphatic heterocycles. The third-order valence-corrected chi connectivity index (χ3v) is 5.08. The van der Waals surface area contributed by atoms with Crippen LogP contribution in [0.4, 0.5) is 4.39 Å². The van der Waals surface area contributed by atoms with E-state index in [1.807, 2.05) is 0 Å². The van der Waals surface area contributed by atoms with Crippen molar-refractivity contribution in [3.63, 3.8) is 0 Å². The molecule has 94 valence electrons. The molecule has 2 unspecified atom stereocenters. The van der Waals surface area contributed by atoms with E-state index in [0.29, 0.717) is 12.0 Å². The Bertz CT molecular complexity index is 530. The van der Waals surface area contributed by atoms with Crippen molar-refractivity contribution in [1.82, 2.24) is 0 Å². The van der Waals surface area contributed by atoms with Crippen LogP contribution in [-0.2, 0) is 9.84 Å². The summed E-state index contributed by atoms with van der Waals surface area (Å²) in [5.74, 6) is -0.810. The third kappa shape index (κ3) is 2.78. The fourth-order valence-electron chi connectivity index (χ4n) is 2.04. The monoisotopic (exact) mass is 278 g/mol. The first-order valence-corrected chi connectivity index (χ1v) is 7.42. The molecule has 1 fully saturated rings. The Morgan fingerprint density at radius 1 is 1.47 bits per heavy atom. The number of rotatable bonds is 2. The van der Waals surface area contributed by atoms with Crippen molar-refractivity contribution in [3.05, 3.63) is 34.6 Å². The minimum atomic E-state index is -3.03. The molecular weight excluding hydrogens is 267 g/mol. The van der Waals surface area contributed by atoms with Gasteiger partial charge in [0.15, 0.2) is 9.84 Å². The van der Waals surface area contributed by atoms with Crippen LogP contribution < -0.4 is 0 Å². The molecule has 2 atom stereocenters. The summed E-state index contributed by atoms with van der Waals surface area (Å²) in [4.78, 5) is 0. The van der Waals surface area contributed by atoms with E-state index >= 15 is 0 Å². The van der Waals surface area contributed by atoms with Gasteiger partial charge < -0.3 is 5.11 Å². The standard InChI is InChI=1S/C11H12ClFO3S/c12-9-5-7(1-2-10(9)13)11(14)8-3-4-17(15,16)6-8/h1-2,5,8,11,14H,3-4,6H2. The Morgan fingerprint density at radius 2 is 2.18 bits per heavy atom. The highest BCUT2D eigenvalue weighted by Crippen LogP contribution is 2.32. The lowest BCUT2D eigenvalue weighted by Crippen LogP contribution is -2.14. The van der Waals surface area contributed by atoms with Gasteiger partial charge in [0.05, 0.1) is 22.6 Å². The van der Waals surface area contributed by atoms with Gasteiger partial charge in [0, 0.05) is 5.92 Å². The molecule has 1 N–H and O–H groups in total. The number of hydrogen-bond acceptors (Lipinski definition) is 3. The van der Waals surface area contributed by atoms with Crippen molar-refractivity contribution < 1.29 is 17.9 Å². The van der Waals surface area contributed by atoms with E-state index in [9.17, 15) is 17.9 Å². The van der Waals surface area contributed by atoms with E-state index in [-0.39, 0.29) is 22.4 Å². The summed E-state index contributed by atoms with van der Waals surface area (Å²) in [7, 11) is -3.03. The van der Waals surface area contributed by atoms with Crippen LogP contribution in [0.15, 0.2) is 18.2 Å². The van der Waals surface area contributed by atoms with Gasteiger partial charge in [-0.3, -0.25) is 0 Å². The average molecular weight is 279 g/mol. The Morgan fingerprint density at radius 3 is 2.71 bits per heavy atom. The van der Waals surface area contributed by atoms with Crippen LogP contribution >= 0.6 is 11.6 Å². The lowest BCUT2D eigenvalue weighted by molar-refractivity contribution is 0.121. The van der Waals surface area contributed by atoms with E-state index in [4.69, 9.17) is 11.6 Å². The minimum Gasteiger partial charge on any atom is -0.388 e. The first kappa shape index (κ1) is 12.8.